The summed E-state index contributed by atoms with van der Waals surface area (Å²) in [5.41, 5.74) is 6.32. The Morgan fingerprint density at radius 1 is 0.731 bits per heavy atom. The summed E-state index contributed by atoms with van der Waals surface area (Å²) in [5, 5.41) is 0. The molecule has 0 N–H and O–H groups in total. The largest absolute Gasteiger partial charge is 0.295 e. The van der Waals surface area contributed by atoms with E-state index in [-0.39, 0.29) is 5.78 Å². The first kappa shape index (κ1) is 18.6. The fourth-order valence-corrected chi connectivity index (χ4v) is 3.69. The molecule has 1 aliphatic carbocycles. The van der Waals surface area contributed by atoms with Crippen molar-refractivity contribution in [2.45, 2.75) is 64.7 Å². The lowest BCUT2D eigenvalue weighted by Gasteiger charge is -2.13. The van der Waals surface area contributed by atoms with Gasteiger partial charge < -0.3 is 0 Å². The van der Waals surface area contributed by atoms with Gasteiger partial charge in [-0.2, -0.15) is 0 Å². The van der Waals surface area contributed by atoms with Crippen LogP contribution in [0.4, 0.5) is 0 Å². The molecule has 0 amide bonds. The number of benzene rings is 2. The minimum atomic E-state index is 0.264. The van der Waals surface area contributed by atoms with Crippen LogP contribution in [0.1, 0.15) is 69.4 Å². The number of hydrogen-bond donors (Lipinski definition) is 0. The number of hydrogen-bond acceptors (Lipinski definition) is 1. The molecule has 1 heteroatoms. The molecular formula is C25H30O. The first-order valence-electron chi connectivity index (χ1n) is 10.2. The van der Waals surface area contributed by atoms with Gasteiger partial charge in [-0.05, 0) is 59.6 Å². The normalized spacial score (nSPS) is 14.3. The minimum Gasteiger partial charge on any atom is -0.295 e. The van der Waals surface area contributed by atoms with Crippen LogP contribution in [0, 0.1) is 0 Å². The smallest absolute Gasteiger partial charge is 0.155 e. The van der Waals surface area contributed by atoms with Gasteiger partial charge >= 0.3 is 0 Å². The molecule has 0 atom stereocenters. The highest BCUT2D eigenvalue weighted by molar-refractivity contribution is 5.98. The van der Waals surface area contributed by atoms with E-state index in [1.165, 1.54) is 66.4 Å². The lowest BCUT2D eigenvalue weighted by atomic mass is 9.92. The van der Waals surface area contributed by atoms with Gasteiger partial charge in [0.15, 0.2) is 5.78 Å². The molecule has 0 radical (unpaired) electrons. The van der Waals surface area contributed by atoms with E-state index in [1.807, 2.05) is 6.08 Å². The monoisotopic (exact) mass is 346 g/mol. The summed E-state index contributed by atoms with van der Waals surface area (Å²) in [4.78, 5) is 11.6. The van der Waals surface area contributed by atoms with E-state index in [0.29, 0.717) is 6.42 Å². The molecule has 1 nitrogen and oxygen atoms in total. The molecule has 2 aromatic carbocycles. The van der Waals surface area contributed by atoms with E-state index in [9.17, 15) is 4.79 Å². The van der Waals surface area contributed by atoms with Crippen molar-refractivity contribution < 1.29 is 4.79 Å². The van der Waals surface area contributed by atoms with Crippen LogP contribution >= 0.6 is 0 Å². The van der Waals surface area contributed by atoms with Gasteiger partial charge in [0.05, 0.1) is 0 Å². The molecule has 0 aromatic heterocycles. The Hall–Kier alpha value is -2.15. The highest BCUT2D eigenvalue weighted by Gasteiger charge is 2.11. The van der Waals surface area contributed by atoms with E-state index in [0.717, 1.165) is 12.8 Å². The molecule has 2 aromatic rings. The number of allylic oxidation sites excluding steroid dienone is 2. The van der Waals surface area contributed by atoms with Crippen molar-refractivity contribution in [3.05, 3.63) is 65.7 Å². The highest BCUT2D eigenvalue weighted by atomic mass is 16.1. The summed E-state index contributed by atoms with van der Waals surface area (Å²) in [7, 11) is 0. The van der Waals surface area contributed by atoms with E-state index in [4.69, 9.17) is 0 Å². The molecule has 0 saturated carbocycles. The number of carbonyl (C=O) groups is 1. The van der Waals surface area contributed by atoms with Crippen LogP contribution in [0.3, 0.4) is 0 Å². The first-order valence-corrected chi connectivity index (χ1v) is 10.2. The molecular weight excluding hydrogens is 316 g/mol. The molecule has 1 aliphatic rings. The predicted molar refractivity (Wildman–Crippen MR) is 111 cm³/mol. The van der Waals surface area contributed by atoms with Crippen LogP contribution < -0.4 is 0 Å². The summed E-state index contributed by atoms with van der Waals surface area (Å²) in [6.07, 6.45) is 12.4. The van der Waals surface area contributed by atoms with Crippen molar-refractivity contribution in [1.29, 1.82) is 0 Å². The summed E-state index contributed by atoms with van der Waals surface area (Å²) < 4.78 is 0. The summed E-state index contributed by atoms with van der Waals surface area (Å²) in [6.45, 7) is 2.26. The second-order valence-corrected chi connectivity index (χ2v) is 7.43. The zero-order chi connectivity index (χ0) is 18.2. The summed E-state index contributed by atoms with van der Waals surface area (Å²) >= 11 is 0. The Bertz CT molecular complexity index is 735. The lowest BCUT2D eigenvalue weighted by molar-refractivity contribution is -0.114. The maximum atomic E-state index is 11.6. The van der Waals surface area contributed by atoms with Crippen LogP contribution in [-0.4, -0.2) is 5.78 Å². The van der Waals surface area contributed by atoms with Crippen molar-refractivity contribution in [3.8, 4) is 11.1 Å². The van der Waals surface area contributed by atoms with Crippen molar-refractivity contribution in [3.63, 3.8) is 0 Å². The molecule has 0 saturated heterocycles. The second kappa shape index (κ2) is 9.52. The van der Waals surface area contributed by atoms with Gasteiger partial charge in [-0.15, -0.1) is 0 Å². The van der Waals surface area contributed by atoms with Crippen LogP contribution in [0.25, 0.3) is 16.7 Å². The minimum absolute atomic E-state index is 0.264. The average molecular weight is 347 g/mol. The SMILES string of the molecule is CCCCCCCc1ccc(-c2ccc(C3=CC(=O)CCC3)cc2)cc1. The Labute approximate surface area is 158 Å². The molecule has 0 fully saturated rings. The summed E-state index contributed by atoms with van der Waals surface area (Å²) in [5.74, 6) is 0.264. The van der Waals surface area contributed by atoms with Crippen LogP contribution in [-0.2, 0) is 11.2 Å². The van der Waals surface area contributed by atoms with Gasteiger partial charge in [0.2, 0.25) is 0 Å². The van der Waals surface area contributed by atoms with E-state index >= 15 is 0 Å². The third-order valence-electron chi connectivity index (χ3n) is 5.32. The molecule has 26 heavy (non-hydrogen) atoms. The number of aryl methyl sites for hydroxylation is 1. The zero-order valence-corrected chi connectivity index (χ0v) is 16.0. The number of rotatable bonds is 8. The maximum absolute atomic E-state index is 11.6. The van der Waals surface area contributed by atoms with Gasteiger partial charge in [-0.1, -0.05) is 81.1 Å². The highest BCUT2D eigenvalue weighted by Crippen LogP contribution is 2.28. The third kappa shape index (κ3) is 5.17. The summed E-state index contributed by atoms with van der Waals surface area (Å²) in [6, 6.07) is 17.7. The fourth-order valence-electron chi connectivity index (χ4n) is 3.69. The second-order valence-electron chi connectivity index (χ2n) is 7.43. The topological polar surface area (TPSA) is 17.1 Å². The Balaban J connectivity index is 1.60. The van der Waals surface area contributed by atoms with E-state index < -0.39 is 0 Å². The molecule has 3 rings (SSSR count). The van der Waals surface area contributed by atoms with Gasteiger partial charge in [-0.3, -0.25) is 4.79 Å². The zero-order valence-electron chi connectivity index (χ0n) is 16.0. The third-order valence-corrected chi connectivity index (χ3v) is 5.32. The number of carbonyl (C=O) groups excluding carboxylic acids is 1. The standard InChI is InChI=1S/C25H30O/c1-2-3-4-5-6-8-20-11-13-21(14-12-20)22-15-17-23(18-16-22)24-9-7-10-25(26)19-24/h11-19H,2-10H2,1H3. The molecule has 0 heterocycles. The Morgan fingerprint density at radius 2 is 1.35 bits per heavy atom. The fraction of sp³-hybridized carbons (Fsp3) is 0.400. The van der Waals surface area contributed by atoms with Gasteiger partial charge in [0.1, 0.15) is 0 Å². The number of ketones is 1. The van der Waals surface area contributed by atoms with E-state index in [2.05, 4.69) is 55.5 Å². The predicted octanol–water partition coefficient (Wildman–Crippen LogP) is 7.00. The van der Waals surface area contributed by atoms with E-state index in [1.54, 1.807) is 0 Å². The molecule has 0 bridgehead atoms. The van der Waals surface area contributed by atoms with Crippen LogP contribution in [0.2, 0.25) is 0 Å². The maximum Gasteiger partial charge on any atom is 0.155 e. The molecule has 0 aliphatic heterocycles. The van der Waals surface area contributed by atoms with Crippen LogP contribution in [0.15, 0.2) is 54.6 Å². The molecule has 0 spiro atoms. The van der Waals surface area contributed by atoms with Gasteiger partial charge in [0.25, 0.3) is 0 Å². The lowest BCUT2D eigenvalue weighted by Crippen LogP contribution is -2.01. The first-order chi connectivity index (χ1) is 12.8. The van der Waals surface area contributed by atoms with Gasteiger partial charge in [0, 0.05) is 6.42 Å². The van der Waals surface area contributed by atoms with Crippen molar-refractivity contribution in [2.24, 2.45) is 0 Å². The van der Waals surface area contributed by atoms with Crippen molar-refractivity contribution in [1.82, 2.24) is 0 Å². The van der Waals surface area contributed by atoms with Gasteiger partial charge in [-0.25, -0.2) is 0 Å². The van der Waals surface area contributed by atoms with Crippen molar-refractivity contribution in [2.75, 3.05) is 0 Å². The van der Waals surface area contributed by atoms with Crippen molar-refractivity contribution >= 4 is 11.4 Å². The Morgan fingerprint density at radius 3 is 2.00 bits per heavy atom. The Kier molecular flexibility index (Phi) is 6.82. The molecule has 0 unspecified atom stereocenters. The molecule has 136 valence electrons. The quantitative estimate of drug-likeness (QED) is 0.470. The number of unbranched alkanes of at least 4 members (excludes halogenated alkanes) is 4. The average Bonchev–Trinajstić information content (AvgIpc) is 2.68. The van der Waals surface area contributed by atoms with Crippen LogP contribution in [0.5, 0.6) is 0 Å².